The molecule has 1 saturated heterocycles. The van der Waals surface area contributed by atoms with E-state index in [0.717, 1.165) is 13.1 Å². The van der Waals surface area contributed by atoms with Crippen LogP contribution >= 0.6 is 0 Å². The van der Waals surface area contributed by atoms with Crippen LogP contribution in [0.15, 0.2) is 24.3 Å². The summed E-state index contributed by atoms with van der Waals surface area (Å²) in [5.41, 5.74) is 2.62. The van der Waals surface area contributed by atoms with Crippen molar-refractivity contribution in [2.45, 2.75) is 33.2 Å². The summed E-state index contributed by atoms with van der Waals surface area (Å²) in [6.45, 7) is 8.81. The number of likely N-dealkylation sites (tertiary alicyclic amines) is 1. The third-order valence-electron chi connectivity index (χ3n) is 4.06. The van der Waals surface area contributed by atoms with Crippen LogP contribution in [0.25, 0.3) is 0 Å². The molecule has 1 fully saturated rings. The minimum absolute atomic E-state index is 0.213. The molecular formula is C16H23NO2. The third-order valence-corrected chi connectivity index (χ3v) is 4.06. The fourth-order valence-corrected chi connectivity index (χ4v) is 2.78. The van der Waals surface area contributed by atoms with E-state index in [2.05, 4.69) is 43.0 Å². The van der Waals surface area contributed by atoms with Gasteiger partial charge in [0.1, 0.15) is 0 Å². The molecule has 1 aromatic carbocycles. The molecule has 0 aromatic heterocycles. The van der Waals surface area contributed by atoms with E-state index in [1.165, 1.54) is 11.1 Å². The summed E-state index contributed by atoms with van der Waals surface area (Å²) in [6, 6.07) is 8.67. The summed E-state index contributed by atoms with van der Waals surface area (Å²) in [5.74, 6) is -0.0789. The molecule has 104 valence electrons. The molecule has 0 amide bonds. The standard InChI is InChI=1S/C16H23NO2/c1-11(2)14-6-4-13(5-7-14)9-17-8-12(3)15(10-17)16(18)19/h4-7,11-12,15H,8-10H2,1-3H3,(H,18,19). The van der Waals surface area contributed by atoms with E-state index in [-0.39, 0.29) is 11.8 Å². The average Bonchev–Trinajstić information content (AvgIpc) is 2.71. The Balaban J connectivity index is 1.97. The lowest BCUT2D eigenvalue weighted by Gasteiger charge is -2.16. The number of aliphatic carboxylic acids is 1. The topological polar surface area (TPSA) is 40.5 Å². The van der Waals surface area contributed by atoms with E-state index in [1.54, 1.807) is 0 Å². The first-order valence-electron chi connectivity index (χ1n) is 7.01. The Morgan fingerprint density at radius 1 is 1.32 bits per heavy atom. The number of carboxylic acids is 1. The second kappa shape index (κ2) is 5.74. The maximum absolute atomic E-state index is 11.1. The van der Waals surface area contributed by atoms with E-state index in [0.29, 0.717) is 12.5 Å². The zero-order valence-electron chi connectivity index (χ0n) is 12.0. The van der Waals surface area contributed by atoms with Crippen molar-refractivity contribution in [3.05, 3.63) is 35.4 Å². The number of carboxylic acid groups (broad SMARTS) is 1. The lowest BCUT2D eigenvalue weighted by Crippen LogP contribution is -2.23. The first kappa shape index (κ1) is 14.1. The Morgan fingerprint density at radius 3 is 2.42 bits per heavy atom. The maximum atomic E-state index is 11.1. The van der Waals surface area contributed by atoms with E-state index in [9.17, 15) is 4.79 Å². The van der Waals surface area contributed by atoms with Crippen molar-refractivity contribution >= 4 is 5.97 Å². The summed E-state index contributed by atoms with van der Waals surface area (Å²) >= 11 is 0. The zero-order chi connectivity index (χ0) is 14.0. The lowest BCUT2D eigenvalue weighted by molar-refractivity contribution is -0.142. The molecule has 1 aliphatic rings. The molecule has 1 heterocycles. The van der Waals surface area contributed by atoms with Crippen LogP contribution in [0.2, 0.25) is 0 Å². The summed E-state index contributed by atoms with van der Waals surface area (Å²) in [7, 11) is 0. The molecule has 3 heteroatoms. The molecule has 19 heavy (non-hydrogen) atoms. The van der Waals surface area contributed by atoms with E-state index < -0.39 is 5.97 Å². The first-order valence-corrected chi connectivity index (χ1v) is 7.01. The van der Waals surface area contributed by atoms with Crippen LogP contribution in [0, 0.1) is 11.8 Å². The molecule has 0 spiro atoms. The van der Waals surface area contributed by atoms with Crippen LogP contribution in [0.4, 0.5) is 0 Å². The highest BCUT2D eigenvalue weighted by Gasteiger charge is 2.34. The number of benzene rings is 1. The van der Waals surface area contributed by atoms with Gasteiger partial charge in [0, 0.05) is 19.6 Å². The minimum Gasteiger partial charge on any atom is -0.481 e. The fourth-order valence-electron chi connectivity index (χ4n) is 2.78. The smallest absolute Gasteiger partial charge is 0.308 e. The van der Waals surface area contributed by atoms with E-state index in [1.807, 2.05) is 6.92 Å². The molecule has 2 atom stereocenters. The second-order valence-electron chi connectivity index (χ2n) is 6.01. The van der Waals surface area contributed by atoms with Gasteiger partial charge in [0.15, 0.2) is 0 Å². The van der Waals surface area contributed by atoms with Gasteiger partial charge in [0.25, 0.3) is 0 Å². The maximum Gasteiger partial charge on any atom is 0.308 e. The van der Waals surface area contributed by atoms with Gasteiger partial charge in [-0.2, -0.15) is 0 Å². The largest absolute Gasteiger partial charge is 0.481 e. The van der Waals surface area contributed by atoms with Gasteiger partial charge in [-0.15, -0.1) is 0 Å². The van der Waals surface area contributed by atoms with E-state index >= 15 is 0 Å². The molecule has 0 saturated carbocycles. The second-order valence-corrected chi connectivity index (χ2v) is 6.01. The van der Waals surface area contributed by atoms with Gasteiger partial charge in [-0.25, -0.2) is 0 Å². The highest BCUT2D eigenvalue weighted by atomic mass is 16.4. The van der Waals surface area contributed by atoms with Gasteiger partial charge in [0.2, 0.25) is 0 Å². The van der Waals surface area contributed by atoms with Gasteiger partial charge in [0.05, 0.1) is 5.92 Å². The monoisotopic (exact) mass is 261 g/mol. The normalized spacial score (nSPS) is 24.0. The molecule has 0 bridgehead atoms. The number of rotatable bonds is 4. The fraction of sp³-hybridized carbons (Fsp3) is 0.562. The van der Waals surface area contributed by atoms with Gasteiger partial charge < -0.3 is 5.11 Å². The number of hydrogen-bond acceptors (Lipinski definition) is 2. The predicted molar refractivity (Wildman–Crippen MR) is 76.1 cm³/mol. The van der Waals surface area contributed by atoms with Gasteiger partial charge in [-0.3, -0.25) is 9.69 Å². The number of nitrogens with zero attached hydrogens (tertiary/aromatic N) is 1. The van der Waals surface area contributed by atoms with Gasteiger partial charge in [-0.1, -0.05) is 45.0 Å². The molecule has 1 aromatic rings. The van der Waals surface area contributed by atoms with Gasteiger partial charge in [-0.05, 0) is 23.0 Å². The molecule has 2 rings (SSSR count). The van der Waals surface area contributed by atoms with Crippen molar-refractivity contribution in [3.8, 4) is 0 Å². The summed E-state index contributed by atoms with van der Waals surface area (Å²) < 4.78 is 0. The van der Waals surface area contributed by atoms with Crippen molar-refractivity contribution in [1.29, 1.82) is 0 Å². The number of hydrogen-bond donors (Lipinski definition) is 1. The van der Waals surface area contributed by atoms with Crippen molar-refractivity contribution in [2.75, 3.05) is 13.1 Å². The Labute approximate surface area is 115 Å². The number of carbonyl (C=O) groups is 1. The zero-order valence-corrected chi connectivity index (χ0v) is 12.0. The quantitative estimate of drug-likeness (QED) is 0.906. The molecule has 1 aliphatic heterocycles. The molecule has 3 nitrogen and oxygen atoms in total. The van der Waals surface area contributed by atoms with Crippen LogP contribution in [-0.4, -0.2) is 29.1 Å². The van der Waals surface area contributed by atoms with Crippen LogP contribution < -0.4 is 0 Å². The Hall–Kier alpha value is -1.35. The Morgan fingerprint density at radius 2 is 1.95 bits per heavy atom. The molecule has 2 unspecified atom stereocenters. The molecule has 1 N–H and O–H groups in total. The Bertz CT molecular complexity index is 439. The summed E-state index contributed by atoms with van der Waals surface area (Å²) in [4.78, 5) is 13.3. The van der Waals surface area contributed by atoms with Crippen molar-refractivity contribution in [3.63, 3.8) is 0 Å². The van der Waals surface area contributed by atoms with Crippen molar-refractivity contribution in [1.82, 2.24) is 4.90 Å². The highest BCUT2D eigenvalue weighted by Crippen LogP contribution is 2.25. The SMILES string of the molecule is CC(C)c1ccc(CN2CC(C)C(C(=O)O)C2)cc1. The van der Waals surface area contributed by atoms with Crippen LogP contribution in [0.3, 0.4) is 0 Å². The lowest BCUT2D eigenvalue weighted by atomic mass is 9.99. The summed E-state index contributed by atoms with van der Waals surface area (Å²) in [6.07, 6.45) is 0. The van der Waals surface area contributed by atoms with Crippen LogP contribution in [-0.2, 0) is 11.3 Å². The highest BCUT2D eigenvalue weighted by molar-refractivity contribution is 5.71. The third kappa shape index (κ3) is 3.35. The molecular weight excluding hydrogens is 238 g/mol. The van der Waals surface area contributed by atoms with Crippen molar-refractivity contribution in [2.24, 2.45) is 11.8 Å². The minimum atomic E-state index is -0.662. The van der Waals surface area contributed by atoms with Gasteiger partial charge >= 0.3 is 5.97 Å². The van der Waals surface area contributed by atoms with Crippen molar-refractivity contribution < 1.29 is 9.90 Å². The molecule has 0 aliphatic carbocycles. The Kier molecular flexibility index (Phi) is 4.25. The van der Waals surface area contributed by atoms with Crippen LogP contribution in [0.5, 0.6) is 0 Å². The summed E-state index contributed by atoms with van der Waals surface area (Å²) in [5, 5.41) is 9.14. The molecule has 0 radical (unpaired) electrons. The average molecular weight is 261 g/mol. The van der Waals surface area contributed by atoms with Crippen LogP contribution in [0.1, 0.15) is 37.8 Å². The first-order chi connectivity index (χ1) is 8.97. The predicted octanol–water partition coefficient (Wildman–Crippen LogP) is 2.96. The van der Waals surface area contributed by atoms with E-state index in [4.69, 9.17) is 5.11 Å².